The summed E-state index contributed by atoms with van der Waals surface area (Å²) in [5.74, 6) is 1.34. The Morgan fingerprint density at radius 2 is 1.67 bits per heavy atom. The van der Waals surface area contributed by atoms with E-state index in [1.807, 2.05) is 0 Å². The summed E-state index contributed by atoms with van der Waals surface area (Å²) in [4.78, 5) is 27.4. The van der Waals surface area contributed by atoms with Gasteiger partial charge in [0.2, 0.25) is 0 Å². The number of anilines is 1. The molecule has 0 aliphatic heterocycles. The first-order chi connectivity index (χ1) is 13.1. The maximum atomic E-state index is 12.1. The molecular formula is C21H18N2O4. The minimum atomic E-state index is -0.315. The topological polar surface area (TPSA) is 77.5 Å². The molecule has 3 aromatic rings. The fourth-order valence-electron chi connectivity index (χ4n) is 2.33. The Morgan fingerprint density at radius 3 is 2.44 bits per heavy atom. The van der Waals surface area contributed by atoms with Gasteiger partial charge >= 0.3 is 0 Å². The number of carbonyl (C=O) groups is 2. The van der Waals surface area contributed by atoms with Gasteiger partial charge in [0.25, 0.3) is 5.91 Å². The van der Waals surface area contributed by atoms with E-state index in [1.165, 1.54) is 6.92 Å². The molecule has 3 rings (SSSR count). The van der Waals surface area contributed by atoms with E-state index >= 15 is 0 Å². The van der Waals surface area contributed by atoms with Gasteiger partial charge in [0.1, 0.15) is 17.2 Å². The van der Waals surface area contributed by atoms with Crippen molar-refractivity contribution in [3.8, 4) is 17.2 Å². The molecule has 0 unspecified atom stereocenters. The number of amides is 1. The molecule has 6 nitrogen and oxygen atoms in total. The maximum Gasteiger partial charge on any atom is 0.262 e. The van der Waals surface area contributed by atoms with E-state index in [-0.39, 0.29) is 18.3 Å². The van der Waals surface area contributed by atoms with Crippen molar-refractivity contribution in [3.63, 3.8) is 0 Å². The molecule has 1 N–H and O–H groups in total. The van der Waals surface area contributed by atoms with E-state index in [1.54, 1.807) is 73.1 Å². The number of hydrogen-bond donors (Lipinski definition) is 1. The first kappa shape index (κ1) is 18.1. The lowest BCUT2D eigenvalue weighted by Gasteiger charge is -2.10. The van der Waals surface area contributed by atoms with Crippen LogP contribution in [0.15, 0.2) is 73.1 Å². The van der Waals surface area contributed by atoms with Crippen LogP contribution in [0.2, 0.25) is 0 Å². The van der Waals surface area contributed by atoms with E-state index in [9.17, 15) is 9.59 Å². The zero-order chi connectivity index (χ0) is 19.1. The SMILES string of the molecule is CC(=O)c1cccc(OCC(=O)Nc2cccc(Oc3ccncc3)c2)c1. The Bertz CT molecular complexity index is 942. The Balaban J connectivity index is 1.57. The quantitative estimate of drug-likeness (QED) is 0.641. The molecular weight excluding hydrogens is 344 g/mol. The van der Waals surface area contributed by atoms with Gasteiger partial charge in [0.15, 0.2) is 12.4 Å². The second-order valence-corrected chi connectivity index (χ2v) is 5.73. The normalized spacial score (nSPS) is 10.1. The van der Waals surface area contributed by atoms with Gasteiger partial charge in [0.05, 0.1) is 0 Å². The van der Waals surface area contributed by atoms with E-state index in [0.29, 0.717) is 28.5 Å². The van der Waals surface area contributed by atoms with Crippen LogP contribution < -0.4 is 14.8 Å². The van der Waals surface area contributed by atoms with Crippen molar-refractivity contribution in [2.24, 2.45) is 0 Å². The second kappa shape index (κ2) is 8.62. The smallest absolute Gasteiger partial charge is 0.262 e. The zero-order valence-corrected chi connectivity index (χ0v) is 14.7. The molecule has 0 saturated carbocycles. The molecule has 6 heteroatoms. The van der Waals surface area contributed by atoms with Crippen LogP contribution in [-0.4, -0.2) is 23.3 Å². The van der Waals surface area contributed by atoms with Crippen LogP contribution in [0, 0.1) is 0 Å². The number of nitrogens with one attached hydrogen (secondary N) is 1. The number of aromatic nitrogens is 1. The molecule has 0 spiro atoms. The molecule has 0 aliphatic carbocycles. The standard InChI is InChI=1S/C21H18N2O4/c1-15(24)16-4-2-6-19(12-16)26-14-21(25)23-17-5-3-7-20(13-17)27-18-8-10-22-11-9-18/h2-13H,14H2,1H3,(H,23,25). The number of rotatable bonds is 7. The average molecular weight is 362 g/mol. The van der Waals surface area contributed by atoms with Crippen LogP contribution in [-0.2, 0) is 4.79 Å². The molecule has 1 amide bonds. The molecule has 136 valence electrons. The largest absolute Gasteiger partial charge is 0.484 e. The van der Waals surface area contributed by atoms with Gasteiger partial charge in [-0.1, -0.05) is 18.2 Å². The summed E-state index contributed by atoms with van der Waals surface area (Å²) in [6.07, 6.45) is 3.28. The lowest BCUT2D eigenvalue weighted by atomic mass is 10.1. The van der Waals surface area contributed by atoms with Gasteiger partial charge in [-0.05, 0) is 43.3 Å². The predicted molar refractivity (Wildman–Crippen MR) is 101 cm³/mol. The van der Waals surface area contributed by atoms with Crippen molar-refractivity contribution in [1.29, 1.82) is 0 Å². The predicted octanol–water partition coefficient (Wildman–Crippen LogP) is 4.09. The van der Waals surface area contributed by atoms with Crippen LogP contribution in [0.25, 0.3) is 0 Å². The molecule has 0 aliphatic rings. The molecule has 0 fully saturated rings. The molecule has 1 heterocycles. The fraction of sp³-hybridized carbons (Fsp3) is 0.0952. The third-order valence-corrected chi connectivity index (χ3v) is 3.61. The van der Waals surface area contributed by atoms with Gasteiger partial charge in [-0.3, -0.25) is 14.6 Å². The van der Waals surface area contributed by atoms with Crippen molar-refractivity contribution < 1.29 is 19.1 Å². The Kier molecular flexibility index (Phi) is 5.79. The zero-order valence-electron chi connectivity index (χ0n) is 14.7. The van der Waals surface area contributed by atoms with Crippen molar-refractivity contribution in [3.05, 3.63) is 78.6 Å². The van der Waals surface area contributed by atoms with Crippen LogP contribution in [0.4, 0.5) is 5.69 Å². The summed E-state index contributed by atoms with van der Waals surface area (Å²) in [5.41, 5.74) is 1.13. The van der Waals surface area contributed by atoms with Crippen LogP contribution in [0.3, 0.4) is 0 Å². The second-order valence-electron chi connectivity index (χ2n) is 5.73. The highest BCUT2D eigenvalue weighted by Gasteiger charge is 2.07. The molecule has 0 bridgehead atoms. The number of nitrogens with zero attached hydrogens (tertiary/aromatic N) is 1. The number of ketones is 1. The summed E-state index contributed by atoms with van der Waals surface area (Å²) >= 11 is 0. The summed E-state index contributed by atoms with van der Waals surface area (Å²) in [6, 6.07) is 17.3. The lowest BCUT2D eigenvalue weighted by molar-refractivity contribution is -0.118. The maximum absolute atomic E-state index is 12.1. The molecule has 1 aromatic heterocycles. The first-order valence-corrected chi connectivity index (χ1v) is 8.32. The Morgan fingerprint density at radius 1 is 0.926 bits per heavy atom. The van der Waals surface area contributed by atoms with Crippen molar-refractivity contribution in [1.82, 2.24) is 4.98 Å². The minimum absolute atomic E-state index is 0.0593. The van der Waals surface area contributed by atoms with E-state index in [0.717, 1.165) is 0 Å². The lowest BCUT2D eigenvalue weighted by Crippen LogP contribution is -2.20. The van der Waals surface area contributed by atoms with Gasteiger partial charge < -0.3 is 14.8 Å². The average Bonchev–Trinajstić information content (AvgIpc) is 2.68. The Labute approximate surface area is 156 Å². The van der Waals surface area contributed by atoms with E-state index < -0.39 is 0 Å². The number of Topliss-reactive ketones (excluding diaryl/α,β-unsaturated/α-hetero) is 1. The fourth-order valence-corrected chi connectivity index (χ4v) is 2.33. The molecule has 0 atom stereocenters. The molecule has 2 aromatic carbocycles. The van der Waals surface area contributed by atoms with Crippen LogP contribution in [0.1, 0.15) is 17.3 Å². The van der Waals surface area contributed by atoms with Gasteiger partial charge in [-0.2, -0.15) is 0 Å². The Hall–Kier alpha value is -3.67. The number of hydrogen-bond acceptors (Lipinski definition) is 5. The minimum Gasteiger partial charge on any atom is -0.484 e. The first-order valence-electron chi connectivity index (χ1n) is 8.32. The van der Waals surface area contributed by atoms with Crippen molar-refractivity contribution in [2.45, 2.75) is 6.92 Å². The highest BCUT2D eigenvalue weighted by atomic mass is 16.5. The third kappa shape index (κ3) is 5.40. The van der Waals surface area contributed by atoms with Gasteiger partial charge in [-0.25, -0.2) is 0 Å². The monoisotopic (exact) mass is 362 g/mol. The molecule has 0 radical (unpaired) electrons. The van der Waals surface area contributed by atoms with Crippen LogP contribution in [0.5, 0.6) is 17.2 Å². The highest BCUT2D eigenvalue weighted by molar-refractivity contribution is 5.94. The number of ether oxygens (including phenoxy) is 2. The van der Waals surface area contributed by atoms with Crippen molar-refractivity contribution >= 4 is 17.4 Å². The van der Waals surface area contributed by atoms with E-state index in [2.05, 4.69) is 10.3 Å². The van der Waals surface area contributed by atoms with Crippen LogP contribution >= 0.6 is 0 Å². The molecule has 0 saturated heterocycles. The number of pyridine rings is 1. The number of benzene rings is 2. The van der Waals surface area contributed by atoms with Gasteiger partial charge in [0, 0.05) is 29.7 Å². The third-order valence-electron chi connectivity index (χ3n) is 3.61. The van der Waals surface area contributed by atoms with Gasteiger partial charge in [-0.15, -0.1) is 0 Å². The summed E-state index contributed by atoms with van der Waals surface area (Å²) in [6.45, 7) is 1.31. The van der Waals surface area contributed by atoms with Crippen molar-refractivity contribution in [2.75, 3.05) is 11.9 Å². The summed E-state index contributed by atoms with van der Waals surface area (Å²) in [5, 5.41) is 2.75. The summed E-state index contributed by atoms with van der Waals surface area (Å²) in [7, 11) is 0. The highest BCUT2D eigenvalue weighted by Crippen LogP contribution is 2.23. The summed E-state index contributed by atoms with van der Waals surface area (Å²) < 4.78 is 11.2. The molecule has 27 heavy (non-hydrogen) atoms. The van der Waals surface area contributed by atoms with E-state index in [4.69, 9.17) is 9.47 Å². The number of carbonyl (C=O) groups excluding carboxylic acids is 2.